The molecule has 20 heavy (non-hydrogen) atoms. The standard InChI is InChI=1S/C14H14N6/c1-2-10(17)14(11-5-3-4-6-18-11)20-9-19-12(7-15)13(20)8-16/h3-6,9-10,14H,2,17H2,1H3. The van der Waals surface area contributed by atoms with Gasteiger partial charge in [-0.1, -0.05) is 13.0 Å². The van der Waals surface area contributed by atoms with Crippen LogP contribution in [0.4, 0.5) is 0 Å². The van der Waals surface area contributed by atoms with Gasteiger partial charge in [0.1, 0.15) is 12.1 Å². The van der Waals surface area contributed by atoms with Gasteiger partial charge < -0.3 is 10.3 Å². The van der Waals surface area contributed by atoms with Gasteiger partial charge in [0, 0.05) is 12.2 Å². The Labute approximate surface area is 117 Å². The van der Waals surface area contributed by atoms with Crippen LogP contribution < -0.4 is 5.73 Å². The van der Waals surface area contributed by atoms with Gasteiger partial charge in [-0.05, 0) is 18.6 Å². The fraction of sp³-hybridized carbons (Fsp3) is 0.286. The molecule has 0 amide bonds. The average molecular weight is 266 g/mol. The summed E-state index contributed by atoms with van der Waals surface area (Å²) in [4.78, 5) is 8.28. The first-order valence-electron chi connectivity index (χ1n) is 6.26. The smallest absolute Gasteiger partial charge is 0.176 e. The number of nitrogens with zero attached hydrogens (tertiary/aromatic N) is 5. The molecule has 2 atom stereocenters. The van der Waals surface area contributed by atoms with Crippen molar-refractivity contribution in [2.75, 3.05) is 0 Å². The highest BCUT2D eigenvalue weighted by Crippen LogP contribution is 2.23. The van der Waals surface area contributed by atoms with E-state index in [-0.39, 0.29) is 23.5 Å². The number of nitriles is 2. The number of aromatic nitrogens is 3. The summed E-state index contributed by atoms with van der Waals surface area (Å²) in [5.74, 6) is 0. The van der Waals surface area contributed by atoms with E-state index in [9.17, 15) is 5.26 Å². The van der Waals surface area contributed by atoms with E-state index >= 15 is 0 Å². The SMILES string of the molecule is CCC(N)C(c1ccccn1)n1cnc(C#N)c1C#N. The van der Waals surface area contributed by atoms with Crippen LogP contribution in [-0.4, -0.2) is 20.6 Å². The summed E-state index contributed by atoms with van der Waals surface area (Å²) in [6, 6.07) is 8.93. The molecule has 2 aromatic rings. The number of imidazole rings is 1. The first-order chi connectivity index (χ1) is 9.72. The Morgan fingerprint density at radius 1 is 1.30 bits per heavy atom. The molecule has 100 valence electrons. The van der Waals surface area contributed by atoms with E-state index in [1.54, 1.807) is 10.8 Å². The average Bonchev–Trinajstić information content (AvgIpc) is 2.91. The molecule has 6 heteroatoms. The number of rotatable bonds is 4. The molecule has 2 unspecified atom stereocenters. The van der Waals surface area contributed by atoms with Crippen LogP contribution in [0.3, 0.4) is 0 Å². The lowest BCUT2D eigenvalue weighted by molar-refractivity contribution is 0.446. The van der Waals surface area contributed by atoms with Crippen molar-refractivity contribution < 1.29 is 0 Å². The number of nitrogens with two attached hydrogens (primary N) is 1. The Morgan fingerprint density at radius 2 is 2.10 bits per heavy atom. The second kappa shape index (κ2) is 5.96. The van der Waals surface area contributed by atoms with Gasteiger partial charge in [-0.25, -0.2) is 4.98 Å². The molecule has 0 fully saturated rings. The van der Waals surface area contributed by atoms with E-state index in [1.807, 2.05) is 37.3 Å². The molecule has 2 rings (SSSR count). The van der Waals surface area contributed by atoms with Crippen LogP contribution in [0.25, 0.3) is 0 Å². The van der Waals surface area contributed by atoms with Crippen molar-refractivity contribution in [1.82, 2.24) is 14.5 Å². The maximum Gasteiger partial charge on any atom is 0.176 e. The zero-order valence-corrected chi connectivity index (χ0v) is 11.1. The molecule has 0 aliphatic heterocycles. The fourth-order valence-electron chi connectivity index (χ4n) is 2.11. The lowest BCUT2D eigenvalue weighted by Crippen LogP contribution is -2.33. The highest BCUT2D eigenvalue weighted by molar-refractivity contribution is 5.37. The van der Waals surface area contributed by atoms with Crippen molar-refractivity contribution in [3.8, 4) is 12.1 Å². The van der Waals surface area contributed by atoms with Crippen LogP contribution >= 0.6 is 0 Å². The van der Waals surface area contributed by atoms with Crippen molar-refractivity contribution in [1.29, 1.82) is 10.5 Å². The van der Waals surface area contributed by atoms with E-state index in [0.29, 0.717) is 6.42 Å². The Balaban J connectivity index is 2.57. The van der Waals surface area contributed by atoms with Crippen molar-refractivity contribution in [2.45, 2.75) is 25.4 Å². The summed E-state index contributed by atoms with van der Waals surface area (Å²) < 4.78 is 1.63. The van der Waals surface area contributed by atoms with Crippen molar-refractivity contribution in [3.05, 3.63) is 47.8 Å². The van der Waals surface area contributed by atoms with Gasteiger partial charge in [-0.3, -0.25) is 4.98 Å². The molecule has 2 heterocycles. The first kappa shape index (κ1) is 13.7. The third-order valence-electron chi connectivity index (χ3n) is 3.17. The molecule has 0 aliphatic rings. The first-order valence-corrected chi connectivity index (χ1v) is 6.26. The molecular formula is C14H14N6. The van der Waals surface area contributed by atoms with Gasteiger partial charge in [0.2, 0.25) is 0 Å². The van der Waals surface area contributed by atoms with E-state index in [4.69, 9.17) is 11.0 Å². The summed E-state index contributed by atoms with van der Waals surface area (Å²) in [7, 11) is 0. The Hall–Kier alpha value is -2.70. The maximum atomic E-state index is 9.25. The molecule has 0 aliphatic carbocycles. The quantitative estimate of drug-likeness (QED) is 0.899. The second-order valence-electron chi connectivity index (χ2n) is 4.34. The molecule has 0 saturated carbocycles. The van der Waals surface area contributed by atoms with Gasteiger partial charge in [0.15, 0.2) is 11.4 Å². The highest BCUT2D eigenvalue weighted by Gasteiger charge is 2.25. The zero-order chi connectivity index (χ0) is 14.5. The van der Waals surface area contributed by atoms with Gasteiger partial charge in [-0.2, -0.15) is 10.5 Å². The second-order valence-corrected chi connectivity index (χ2v) is 4.34. The topological polar surface area (TPSA) is 104 Å². The Morgan fingerprint density at radius 3 is 2.65 bits per heavy atom. The largest absolute Gasteiger partial charge is 0.326 e. The third-order valence-corrected chi connectivity index (χ3v) is 3.17. The van der Waals surface area contributed by atoms with Gasteiger partial charge in [-0.15, -0.1) is 0 Å². The van der Waals surface area contributed by atoms with Crippen LogP contribution in [-0.2, 0) is 0 Å². The summed E-state index contributed by atoms with van der Waals surface area (Å²) in [6.45, 7) is 1.97. The van der Waals surface area contributed by atoms with Crippen molar-refractivity contribution >= 4 is 0 Å². The van der Waals surface area contributed by atoms with E-state index in [0.717, 1.165) is 5.69 Å². The third kappa shape index (κ3) is 2.37. The number of hydrogen-bond acceptors (Lipinski definition) is 5. The predicted octanol–water partition coefficient (Wildman–Crippen LogP) is 1.35. The Kier molecular flexibility index (Phi) is 4.09. The number of hydrogen-bond donors (Lipinski definition) is 1. The molecule has 2 aromatic heterocycles. The minimum absolute atomic E-state index is 0.108. The van der Waals surface area contributed by atoms with Crippen LogP contribution in [0, 0.1) is 22.7 Å². The molecule has 0 bridgehead atoms. The molecule has 0 aromatic carbocycles. The summed E-state index contributed by atoms with van der Waals surface area (Å²) in [6.07, 6.45) is 3.87. The van der Waals surface area contributed by atoms with Gasteiger partial charge in [0.25, 0.3) is 0 Å². The Bertz CT molecular complexity index is 661. The molecule has 0 saturated heterocycles. The molecular weight excluding hydrogens is 252 g/mol. The van der Waals surface area contributed by atoms with Crippen LogP contribution in [0.1, 0.15) is 36.5 Å². The molecule has 0 spiro atoms. The summed E-state index contributed by atoms with van der Waals surface area (Å²) in [5.41, 5.74) is 7.25. The van der Waals surface area contributed by atoms with Crippen LogP contribution in [0.5, 0.6) is 0 Å². The lowest BCUT2D eigenvalue weighted by Gasteiger charge is -2.24. The number of pyridine rings is 1. The van der Waals surface area contributed by atoms with Crippen LogP contribution in [0.15, 0.2) is 30.7 Å². The van der Waals surface area contributed by atoms with Gasteiger partial charge >= 0.3 is 0 Å². The normalized spacial score (nSPS) is 13.2. The summed E-state index contributed by atoms with van der Waals surface area (Å²) >= 11 is 0. The van der Waals surface area contributed by atoms with Crippen molar-refractivity contribution in [3.63, 3.8) is 0 Å². The van der Waals surface area contributed by atoms with E-state index in [1.165, 1.54) is 6.33 Å². The fourth-order valence-corrected chi connectivity index (χ4v) is 2.11. The minimum atomic E-state index is -0.314. The molecule has 0 radical (unpaired) electrons. The monoisotopic (exact) mass is 266 g/mol. The van der Waals surface area contributed by atoms with E-state index in [2.05, 4.69) is 9.97 Å². The zero-order valence-electron chi connectivity index (χ0n) is 11.1. The molecule has 2 N–H and O–H groups in total. The van der Waals surface area contributed by atoms with Gasteiger partial charge in [0.05, 0.1) is 18.1 Å². The maximum absolute atomic E-state index is 9.25. The van der Waals surface area contributed by atoms with Crippen LogP contribution in [0.2, 0.25) is 0 Å². The molecule has 6 nitrogen and oxygen atoms in total. The summed E-state index contributed by atoms with van der Waals surface area (Å²) in [5, 5.41) is 18.2. The van der Waals surface area contributed by atoms with Crippen molar-refractivity contribution in [2.24, 2.45) is 5.73 Å². The predicted molar refractivity (Wildman–Crippen MR) is 72.3 cm³/mol. The lowest BCUT2D eigenvalue weighted by atomic mass is 10.0. The highest BCUT2D eigenvalue weighted by atomic mass is 15.1. The minimum Gasteiger partial charge on any atom is -0.326 e. The van der Waals surface area contributed by atoms with E-state index < -0.39 is 0 Å².